The number of thiophene rings is 1. The van der Waals surface area contributed by atoms with Crippen LogP contribution < -0.4 is 15.8 Å². The first-order chi connectivity index (χ1) is 20.2. The van der Waals surface area contributed by atoms with Crippen molar-refractivity contribution in [3.05, 3.63) is 77.8 Å². The Hall–Kier alpha value is -4.37. The lowest BCUT2D eigenvalue weighted by Gasteiger charge is -2.34. The van der Waals surface area contributed by atoms with Crippen molar-refractivity contribution in [2.45, 2.75) is 39.2 Å². The fourth-order valence-corrected chi connectivity index (χ4v) is 6.02. The van der Waals surface area contributed by atoms with E-state index in [1.165, 1.54) is 6.08 Å². The van der Waals surface area contributed by atoms with E-state index in [1.54, 1.807) is 28.5 Å². The maximum Gasteiger partial charge on any atom is 0.410 e. The maximum absolute atomic E-state index is 12.7. The summed E-state index contributed by atoms with van der Waals surface area (Å²) in [6, 6.07) is 17.5. The van der Waals surface area contributed by atoms with Gasteiger partial charge in [-0.25, -0.2) is 9.78 Å². The van der Waals surface area contributed by atoms with E-state index in [0.717, 1.165) is 51.1 Å². The lowest BCUT2D eigenvalue weighted by Crippen LogP contribution is -2.45. The molecule has 42 heavy (non-hydrogen) atoms. The van der Waals surface area contributed by atoms with Crippen molar-refractivity contribution in [3.8, 4) is 22.6 Å². The SMILES string of the molecule is CC(C)(C)OC(=O)N1CCCC(CNC(=O)/C=C/c2cnc(N)c3c(-c4ccc(Oc5ccccc5)cc4)csc23)C1. The molecule has 0 saturated carbocycles. The lowest BCUT2D eigenvalue weighted by atomic mass is 9.98. The predicted molar refractivity (Wildman–Crippen MR) is 169 cm³/mol. The van der Waals surface area contributed by atoms with Crippen molar-refractivity contribution in [2.75, 3.05) is 25.4 Å². The van der Waals surface area contributed by atoms with Gasteiger partial charge in [-0.3, -0.25) is 4.79 Å². The fraction of sp³-hybridized carbons (Fsp3) is 0.303. The molecule has 0 radical (unpaired) electrons. The molecule has 1 aliphatic rings. The minimum Gasteiger partial charge on any atom is -0.457 e. The average Bonchev–Trinajstić information content (AvgIpc) is 3.42. The molecule has 0 spiro atoms. The number of benzene rings is 2. The monoisotopic (exact) mass is 584 g/mol. The first kappa shape index (κ1) is 29.1. The molecule has 2 aromatic heterocycles. The normalized spacial score (nSPS) is 15.6. The molecule has 3 heterocycles. The molecule has 1 atom stereocenters. The third kappa shape index (κ3) is 7.28. The molecule has 0 bridgehead atoms. The second-order valence-electron chi connectivity index (χ2n) is 11.4. The Labute approximate surface area is 250 Å². The van der Waals surface area contributed by atoms with E-state index >= 15 is 0 Å². The van der Waals surface area contributed by atoms with Gasteiger partial charge in [-0.15, -0.1) is 11.3 Å². The lowest BCUT2D eigenvalue weighted by molar-refractivity contribution is -0.116. The smallest absolute Gasteiger partial charge is 0.410 e. The van der Waals surface area contributed by atoms with E-state index in [4.69, 9.17) is 15.2 Å². The first-order valence-electron chi connectivity index (χ1n) is 14.1. The molecule has 1 unspecified atom stereocenters. The molecule has 1 saturated heterocycles. The quantitative estimate of drug-likeness (QED) is 0.224. The second-order valence-corrected chi connectivity index (χ2v) is 12.3. The number of carbonyl (C=O) groups is 2. The Morgan fingerprint density at radius 1 is 1.12 bits per heavy atom. The van der Waals surface area contributed by atoms with Crippen LogP contribution >= 0.6 is 11.3 Å². The summed E-state index contributed by atoms with van der Waals surface area (Å²) in [6.07, 6.45) is 6.52. The number of amides is 2. The van der Waals surface area contributed by atoms with Gasteiger partial charge in [-0.2, -0.15) is 0 Å². The molecular formula is C33H36N4O4S. The Morgan fingerprint density at radius 3 is 2.60 bits per heavy atom. The van der Waals surface area contributed by atoms with Gasteiger partial charge in [0.2, 0.25) is 5.91 Å². The number of aromatic nitrogens is 1. The maximum atomic E-state index is 12.7. The third-order valence-corrected chi connectivity index (χ3v) is 7.98. The standard InChI is InChI=1S/C33H36N4O4S/c1-33(2,3)41-32(39)37-17-7-8-22(20-37)18-35-28(38)16-13-24-19-36-31(34)29-27(21-42-30(24)29)23-11-14-26(15-12-23)40-25-9-5-4-6-10-25/h4-6,9-16,19,21-22H,7-8,17-18,20H2,1-3H3,(H2,34,36)(H,35,38)/b16-13+. The number of piperidine rings is 1. The number of nitrogens with zero attached hydrogens (tertiary/aromatic N) is 2. The largest absolute Gasteiger partial charge is 0.457 e. The topological polar surface area (TPSA) is 107 Å². The number of nitrogen functional groups attached to an aromatic ring is 1. The molecule has 218 valence electrons. The van der Waals surface area contributed by atoms with Gasteiger partial charge in [0.15, 0.2) is 0 Å². The van der Waals surface area contributed by atoms with E-state index in [9.17, 15) is 9.59 Å². The van der Waals surface area contributed by atoms with Crippen molar-refractivity contribution in [2.24, 2.45) is 5.92 Å². The third-order valence-electron chi connectivity index (χ3n) is 6.95. The zero-order valence-electron chi connectivity index (χ0n) is 24.1. The van der Waals surface area contributed by atoms with E-state index < -0.39 is 5.60 Å². The Balaban J connectivity index is 1.22. The van der Waals surface area contributed by atoms with Crippen LogP contribution in [0.5, 0.6) is 11.5 Å². The van der Waals surface area contributed by atoms with Gasteiger partial charge in [-0.1, -0.05) is 30.3 Å². The molecule has 4 aromatic rings. The number of fused-ring (bicyclic) bond motifs is 1. The van der Waals surface area contributed by atoms with Gasteiger partial charge >= 0.3 is 6.09 Å². The van der Waals surface area contributed by atoms with E-state index in [2.05, 4.69) is 15.7 Å². The molecule has 8 nitrogen and oxygen atoms in total. The van der Waals surface area contributed by atoms with Gasteiger partial charge in [0.05, 0.1) is 0 Å². The molecule has 5 rings (SSSR count). The summed E-state index contributed by atoms with van der Waals surface area (Å²) in [5, 5.41) is 5.91. The van der Waals surface area contributed by atoms with Crippen LogP contribution in [0.4, 0.5) is 10.6 Å². The van der Waals surface area contributed by atoms with Crippen molar-refractivity contribution in [1.29, 1.82) is 0 Å². The van der Waals surface area contributed by atoms with Crippen LogP contribution in [0.15, 0.2) is 72.3 Å². The van der Waals surface area contributed by atoms with Crippen LogP contribution in [0.25, 0.3) is 27.3 Å². The summed E-state index contributed by atoms with van der Waals surface area (Å²) in [4.78, 5) is 31.3. The summed E-state index contributed by atoms with van der Waals surface area (Å²) < 4.78 is 12.4. The molecule has 2 amide bonds. The average molecular weight is 585 g/mol. The van der Waals surface area contributed by atoms with Crippen molar-refractivity contribution in [3.63, 3.8) is 0 Å². The Bertz CT molecular complexity index is 1580. The summed E-state index contributed by atoms with van der Waals surface area (Å²) in [5.41, 5.74) is 8.60. The van der Waals surface area contributed by atoms with Crippen molar-refractivity contribution < 1.29 is 19.1 Å². The number of hydrogen-bond acceptors (Lipinski definition) is 7. The van der Waals surface area contributed by atoms with Crippen molar-refractivity contribution in [1.82, 2.24) is 15.2 Å². The molecule has 9 heteroatoms. The number of rotatable bonds is 7. The first-order valence-corrected chi connectivity index (χ1v) is 15.0. The molecule has 2 aromatic carbocycles. The van der Waals surface area contributed by atoms with Gasteiger partial charge in [-0.05, 0) is 80.8 Å². The van der Waals surface area contributed by atoms with Crippen LogP contribution in [0.2, 0.25) is 0 Å². The van der Waals surface area contributed by atoms with Crippen LogP contribution in [0.3, 0.4) is 0 Å². The number of para-hydroxylation sites is 1. The minimum absolute atomic E-state index is 0.179. The number of pyridine rings is 1. The van der Waals surface area contributed by atoms with E-state index in [1.807, 2.05) is 75.4 Å². The van der Waals surface area contributed by atoms with Gasteiger partial charge in [0, 0.05) is 53.1 Å². The highest BCUT2D eigenvalue weighted by Crippen LogP contribution is 2.39. The summed E-state index contributed by atoms with van der Waals surface area (Å²) in [6.45, 7) is 7.32. The molecule has 1 aliphatic heterocycles. The minimum atomic E-state index is -0.531. The number of nitrogens with two attached hydrogens (primary N) is 1. The molecule has 1 fully saturated rings. The summed E-state index contributed by atoms with van der Waals surface area (Å²) in [5.74, 6) is 1.95. The number of ether oxygens (including phenoxy) is 2. The predicted octanol–water partition coefficient (Wildman–Crippen LogP) is 7.11. The van der Waals surface area contributed by atoms with Crippen LogP contribution in [0.1, 0.15) is 39.2 Å². The number of hydrogen-bond donors (Lipinski definition) is 2. The number of anilines is 1. The molecule has 3 N–H and O–H groups in total. The summed E-state index contributed by atoms with van der Waals surface area (Å²) in [7, 11) is 0. The number of nitrogens with one attached hydrogen (secondary N) is 1. The van der Waals surface area contributed by atoms with Crippen LogP contribution in [-0.2, 0) is 9.53 Å². The highest BCUT2D eigenvalue weighted by molar-refractivity contribution is 7.18. The fourth-order valence-electron chi connectivity index (χ4n) is 4.94. The highest BCUT2D eigenvalue weighted by Gasteiger charge is 2.27. The summed E-state index contributed by atoms with van der Waals surface area (Å²) >= 11 is 1.57. The van der Waals surface area contributed by atoms with Gasteiger partial charge in [0.25, 0.3) is 0 Å². The van der Waals surface area contributed by atoms with Gasteiger partial charge < -0.3 is 25.4 Å². The zero-order chi connectivity index (χ0) is 29.7. The zero-order valence-corrected chi connectivity index (χ0v) is 24.9. The van der Waals surface area contributed by atoms with Crippen molar-refractivity contribution >= 4 is 45.3 Å². The highest BCUT2D eigenvalue weighted by atomic mass is 32.1. The van der Waals surface area contributed by atoms with Crippen LogP contribution in [0, 0.1) is 5.92 Å². The Kier molecular flexibility index (Phi) is 8.77. The molecule has 0 aliphatic carbocycles. The number of carbonyl (C=O) groups excluding carboxylic acids is 2. The molecular weight excluding hydrogens is 548 g/mol. The van der Waals surface area contributed by atoms with E-state index in [0.29, 0.717) is 25.5 Å². The second kappa shape index (κ2) is 12.7. The van der Waals surface area contributed by atoms with Crippen LogP contribution in [-0.4, -0.2) is 47.1 Å². The number of likely N-dealkylation sites (tertiary alicyclic amines) is 1. The Morgan fingerprint density at radius 2 is 1.86 bits per heavy atom. The van der Waals surface area contributed by atoms with E-state index in [-0.39, 0.29) is 17.9 Å². The van der Waals surface area contributed by atoms with Gasteiger partial charge in [0.1, 0.15) is 22.9 Å².